The smallest absolute Gasteiger partial charge is 0.253 e. The summed E-state index contributed by atoms with van der Waals surface area (Å²) in [5.41, 5.74) is 2.59. The molecule has 0 spiro atoms. The number of ether oxygens (including phenoxy) is 2. The predicted octanol–water partition coefficient (Wildman–Crippen LogP) is 2.02. The fraction of sp³-hybridized carbons (Fsp3) is 0.500. The Labute approximate surface area is 177 Å². The molecule has 1 amide bonds. The normalized spacial score (nSPS) is 16.5. The van der Waals surface area contributed by atoms with Crippen molar-refractivity contribution in [1.29, 1.82) is 0 Å². The van der Waals surface area contributed by atoms with Gasteiger partial charge in [-0.15, -0.1) is 0 Å². The van der Waals surface area contributed by atoms with E-state index in [0.717, 1.165) is 55.3 Å². The molecule has 0 unspecified atom stereocenters. The van der Waals surface area contributed by atoms with Crippen molar-refractivity contribution in [1.82, 2.24) is 20.2 Å². The molecule has 0 radical (unpaired) electrons. The molecule has 4 heterocycles. The minimum atomic E-state index is -0.0259. The summed E-state index contributed by atoms with van der Waals surface area (Å²) >= 11 is 0. The minimum Gasteiger partial charge on any atom is -0.489 e. The van der Waals surface area contributed by atoms with Crippen molar-refractivity contribution >= 4 is 11.7 Å². The summed E-state index contributed by atoms with van der Waals surface area (Å²) in [7, 11) is 4.03. The molecule has 1 fully saturated rings. The van der Waals surface area contributed by atoms with Crippen molar-refractivity contribution in [3.63, 3.8) is 0 Å². The highest BCUT2D eigenvalue weighted by atomic mass is 16.5. The van der Waals surface area contributed by atoms with Crippen LogP contribution in [-0.2, 0) is 6.54 Å². The van der Waals surface area contributed by atoms with Gasteiger partial charge < -0.3 is 24.6 Å². The number of carbonyl (C=O) groups is 1. The van der Waals surface area contributed by atoms with Gasteiger partial charge >= 0.3 is 0 Å². The zero-order chi connectivity index (χ0) is 21.1. The van der Waals surface area contributed by atoms with Gasteiger partial charge in [0, 0.05) is 38.5 Å². The number of pyridine rings is 2. The lowest BCUT2D eigenvalue weighted by Crippen LogP contribution is -2.39. The molecule has 160 valence electrons. The first-order valence-corrected chi connectivity index (χ1v) is 10.4. The number of piperidine rings is 1. The summed E-state index contributed by atoms with van der Waals surface area (Å²) in [6.45, 7) is 5.74. The summed E-state index contributed by atoms with van der Waals surface area (Å²) in [4.78, 5) is 25.3. The quantitative estimate of drug-likeness (QED) is 0.747. The lowest BCUT2D eigenvalue weighted by molar-refractivity contribution is 0.0965. The molecule has 0 aromatic carbocycles. The predicted molar refractivity (Wildman–Crippen MR) is 114 cm³/mol. The maximum absolute atomic E-state index is 11.8. The van der Waals surface area contributed by atoms with Crippen molar-refractivity contribution in [2.45, 2.75) is 32.4 Å². The van der Waals surface area contributed by atoms with E-state index in [9.17, 15) is 4.79 Å². The molecule has 4 rings (SSSR count). The Kier molecular flexibility index (Phi) is 6.03. The number of aromatic nitrogens is 2. The number of hydrogen-bond acceptors (Lipinski definition) is 7. The van der Waals surface area contributed by atoms with Gasteiger partial charge in [0.1, 0.15) is 24.3 Å². The first-order chi connectivity index (χ1) is 14.5. The molecular weight excluding hydrogens is 382 g/mol. The number of amides is 1. The summed E-state index contributed by atoms with van der Waals surface area (Å²) in [6.07, 6.45) is 3.71. The van der Waals surface area contributed by atoms with Crippen molar-refractivity contribution < 1.29 is 14.3 Å². The van der Waals surface area contributed by atoms with E-state index in [2.05, 4.69) is 20.1 Å². The highest BCUT2D eigenvalue weighted by Gasteiger charge is 2.26. The molecule has 1 saturated heterocycles. The number of nitrogens with zero attached hydrogens (tertiary/aromatic N) is 4. The van der Waals surface area contributed by atoms with Crippen molar-refractivity contribution in [2.24, 2.45) is 0 Å². The minimum absolute atomic E-state index is 0.0259. The average molecular weight is 412 g/mol. The third-order valence-corrected chi connectivity index (χ3v) is 5.47. The lowest BCUT2D eigenvalue weighted by Gasteiger charge is -2.33. The van der Waals surface area contributed by atoms with Gasteiger partial charge in [0.15, 0.2) is 0 Å². The molecule has 0 bridgehead atoms. The molecule has 2 aliphatic rings. The van der Waals surface area contributed by atoms with Crippen molar-refractivity contribution in [3.8, 4) is 11.6 Å². The van der Waals surface area contributed by atoms with E-state index in [0.29, 0.717) is 24.6 Å². The third-order valence-electron chi connectivity index (χ3n) is 5.47. The SMILES string of the molecule is Cc1cc2c(nc1N1CCC(Oc3ccc(OCCN(C)C)nc3)CC1)CNC2=O. The van der Waals surface area contributed by atoms with Crippen molar-refractivity contribution in [2.75, 3.05) is 45.2 Å². The van der Waals surface area contributed by atoms with Gasteiger partial charge in [-0.05, 0) is 38.7 Å². The molecular formula is C22H29N5O3. The number of fused-ring (bicyclic) bond motifs is 1. The summed E-state index contributed by atoms with van der Waals surface area (Å²) in [5, 5.41) is 2.84. The molecule has 30 heavy (non-hydrogen) atoms. The van der Waals surface area contributed by atoms with Crippen LogP contribution in [0, 0.1) is 6.92 Å². The van der Waals surface area contributed by atoms with Gasteiger partial charge in [0.05, 0.1) is 24.0 Å². The first kappa shape index (κ1) is 20.4. The van der Waals surface area contributed by atoms with Crippen LogP contribution in [0.5, 0.6) is 11.6 Å². The van der Waals surface area contributed by atoms with Crippen LogP contribution in [0.25, 0.3) is 0 Å². The van der Waals surface area contributed by atoms with Crippen LogP contribution in [0.15, 0.2) is 24.4 Å². The Morgan fingerprint density at radius 1 is 1.27 bits per heavy atom. The largest absolute Gasteiger partial charge is 0.489 e. The highest BCUT2D eigenvalue weighted by Crippen LogP contribution is 2.27. The molecule has 2 aromatic heterocycles. The molecule has 0 aliphatic carbocycles. The average Bonchev–Trinajstić information content (AvgIpc) is 3.09. The van der Waals surface area contributed by atoms with Crippen LogP contribution in [0.2, 0.25) is 0 Å². The van der Waals surface area contributed by atoms with E-state index in [1.165, 1.54) is 0 Å². The Morgan fingerprint density at radius 2 is 2.07 bits per heavy atom. The molecule has 1 N–H and O–H groups in total. The maximum Gasteiger partial charge on any atom is 0.253 e. The molecule has 8 nitrogen and oxygen atoms in total. The number of hydrogen-bond donors (Lipinski definition) is 1. The monoisotopic (exact) mass is 411 g/mol. The van der Waals surface area contributed by atoms with Crippen LogP contribution in [-0.4, -0.2) is 67.2 Å². The Hall–Kier alpha value is -2.87. The summed E-state index contributed by atoms with van der Waals surface area (Å²) < 4.78 is 11.8. The third kappa shape index (κ3) is 4.64. The van der Waals surface area contributed by atoms with Gasteiger partial charge in [-0.2, -0.15) is 0 Å². The fourth-order valence-electron chi connectivity index (χ4n) is 3.78. The molecule has 2 aliphatic heterocycles. The fourth-order valence-corrected chi connectivity index (χ4v) is 3.78. The molecule has 8 heteroatoms. The summed E-state index contributed by atoms with van der Waals surface area (Å²) in [5.74, 6) is 2.33. The molecule has 0 saturated carbocycles. The van der Waals surface area contributed by atoms with Crippen LogP contribution >= 0.6 is 0 Å². The van der Waals surface area contributed by atoms with Crippen LogP contribution < -0.4 is 19.7 Å². The zero-order valence-electron chi connectivity index (χ0n) is 17.9. The second kappa shape index (κ2) is 8.87. The molecule has 2 aromatic rings. The highest BCUT2D eigenvalue weighted by molar-refractivity contribution is 5.98. The first-order valence-electron chi connectivity index (χ1n) is 10.4. The van der Waals surface area contributed by atoms with Crippen LogP contribution in [0.1, 0.15) is 34.5 Å². The van der Waals surface area contributed by atoms with Gasteiger partial charge in [-0.1, -0.05) is 0 Å². The maximum atomic E-state index is 11.8. The van der Waals surface area contributed by atoms with Gasteiger partial charge in [-0.3, -0.25) is 4.79 Å². The van der Waals surface area contributed by atoms with Gasteiger partial charge in [-0.25, -0.2) is 9.97 Å². The van der Waals surface area contributed by atoms with Crippen LogP contribution in [0.4, 0.5) is 5.82 Å². The second-order valence-electron chi connectivity index (χ2n) is 8.09. The van der Waals surface area contributed by atoms with E-state index in [4.69, 9.17) is 14.5 Å². The van der Waals surface area contributed by atoms with E-state index in [1.54, 1.807) is 6.20 Å². The van der Waals surface area contributed by atoms with Gasteiger partial charge in [0.2, 0.25) is 5.88 Å². The van der Waals surface area contributed by atoms with Crippen LogP contribution in [0.3, 0.4) is 0 Å². The number of aryl methyl sites for hydroxylation is 1. The van der Waals surface area contributed by atoms with Crippen molar-refractivity contribution in [3.05, 3.63) is 41.2 Å². The molecule has 0 atom stereocenters. The number of nitrogens with one attached hydrogen (secondary N) is 1. The number of carbonyl (C=O) groups excluding carboxylic acids is 1. The topological polar surface area (TPSA) is 79.8 Å². The van der Waals surface area contributed by atoms with E-state index in [1.807, 2.05) is 39.2 Å². The Balaban J connectivity index is 1.29. The Morgan fingerprint density at radius 3 is 2.77 bits per heavy atom. The van der Waals surface area contributed by atoms with E-state index >= 15 is 0 Å². The zero-order valence-corrected chi connectivity index (χ0v) is 17.9. The standard InChI is InChI=1S/C22H29N5O3/c1-15-12-18-19(14-24-22(18)28)25-21(15)27-8-6-16(7-9-27)30-17-4-5-20(23-13-17)29-11-10-26(2)3/h4-5,12-13,16H,6-11,14H2,1-3H3,(H,24,28). The van der Waals surface area contributed by atoms with E-state index in [-0.39, 0.29) is 12.0 Å². The van der Waals surface area contributed by atoms with E-state index < -0.39 is 0 Å². The number of rotatable bonds is 7. The number of anilines is 1. The lowest BCUT2D eigenvalue weighted by atomic mass is 10.1. The Bertz CT molecular complexity index is 892. The van der Waals surface area contributed by atoms with Gasteiger partial charge in [0.25, 0.3) is 5.91 Å². The second-order valence-corrected chi connectivity index (χ2v) is 8.09. The number of likely N-dealkylation sites (N-methyl/N-ethyl adjacent to an activating group) is 1. The summed E-state index contributed by atoms with van der Waals surface area (Å²) in [6, 6.07) is 5.73.